The molecule has 0 radical (unpaired) electrons. The molecule has 0 N–H and O–H groups in total. The van der Waals surface area contributed by atoms with Crippen LogP contribution < -0.4 is 0 Å². The van der Waals surface area contributed by atoms with E-state index in [4.69, 9.17) is 9.47 Å². The molecule has 0 bridgehead atoms. The number of epoxide rings is 1. The van der Waals surface area contributed by atoms with Crippen molar-refractivity contribution in [2.45, 2.75) is 6.10 Å². The first kappa shape index (κ1) is 8.89. The molecular formula is C6H12O5. The van der Waals surface area contributed by atoms with Crippen molar-refractivity contribution in [3.63, 3.8) is 0 Å². The molecule has 0 saturated carbocycles. The van der Waals surface area contributed by atoms with Crippen molar-refractivity contribution in [2.75, 3.05) is 33.9 Å². The Morgan fingerprint density at radius 2 is 2.09 bits per heavy atom. The maximum atomic E-state index is 4.98. The molecule has 1 fully saturated rings. The van der Waals surface area contributed by atoms with Crippen LogP contribution in [0.3, 0.4) is 0 Å². The molecule has 1 saturated heterocycles. The van der Waals surface area contributed by atoms with Crippen molar-refractivity contribution in [3.05, 3.63) is 0 Å². The predicted molar refractivity (Wildman–Crippen MR) is 34.6 cm³/mol. The van der Waals surface area contributed by atoms with Crippen LogP contribution in [0, 0.1) is 0 Å². The Hall–Kier alpha value is -0.200. The van der Waals surface area contributed by atoms with Crippen LogP contribution in [0.4, 0.5) is 0 Å². The first-order valence-corrected chi connectivity index (χ1v) is 3.36. The first-order chi connectivity index (χ1) is 5.43. The lowest BCUT2D eigenvalue weighted by Gasteiger charge is -2.02. The zero-order chi connectivity index (χ0) is 7.94. The lowest BCUT2D eigenvalue weighted by atomic mass is 10.5. The molecule has 0 aromatic heterocycles. The summed E-state index contributed by atoms with van der Waals surface area (Å²) in [5.74, 6) is 0. The second kappa shape index (κ2) is 5.45. The Bertz CT molecular complexity index is 93.0. The van der Waals surface area contributed by atoms with E-state index in [1.807, 2.05) is 0 Å². The molecule has 1 heterocycles. The van der Waals surface area contributed by atoms with Crippen molar-refractivity contribution in [1.29, 1.82) is 0 Å². The Morgan fingerprint density at radius 1 is 1.36 bits per heavy atom. The minimum Gasteiger partial charge on any atom is -0.371 e. The fourth-order valence-corrected chi connectivity index (χ4v) is 0.494. The van der Waals surface area contributed by atoms with Gasteiger partial charge in [0.15, 0.2) is 13.6 Å². The summed E-state index contributed by atoms with van der Waals surface area (Å²) in [6, 6.07) is 0. The molecule has 1 aliphatic rings. The Balaban J connectivity index is 1.66. The van der Waals surface area contributed by atoms with Gasteiger partial charge in [-0.2, -0.15) is 0 Å². The second-order valence-corrected chi connectivity index (χ2v) is 2.09. The van der Waals surface area contributed by atoms with Gasteiger partial charge < -0.3 is 14.2 Å². The average molecular weight is 164 g/mol. The summed E-state index contributed by atoms with van der Waals surface area (Å²) < 4.78 is 14.4. The normalized spacial score (nSPS) is 22.1. The SMILES string of the molecule is COCOOCOCC1CO1. The number of hydrogen-bond acceptors (Lipinski definition) is 5. The highest BCUT2D eigenvalue weighted by atomic mass is 17.2. The monoisotopic (exact) mass is 164 g/mol. The van der Waals surface area contributed by atoms with Crippen LogP contribution in [0.2, 0.25) is 0 Å². The highest BCUT2D eigenvalue weighted by molar-refractivity contribution is 4.66. The van der Waals surface area contributed by atoms with E-state index in [2.05, 4.69) is 14.5 Å². The van der Waals surface area contributed by atoms with E-state index in [9.17, 15) is 0 Å². The molecule has 1 rings (SSSR count). The van der Waals surface area contributed by atoms with Crippen molar-refractivity contribution in [2.24, 2.45) is 0 Å². The van der Waals surface area contributed by atoms with E-state index in [1.54, 1.807) is 0 Å². The third kappa shape index (κ3) is 5.11. The van der Waals surface area contributed by atoms with Gasteiger partial charge in [-0.05, 0) is 0 Å². The molecule has 0 aromatic carbocycles. The van der Waals surface area contributed by atoms with Gasteiger partial charge in [-0.3, -0.25) is 0 Å². The number of rotatable bonds is 7. The van der Waals surface area contributed by atoms with Gasteiger partial charge in [-0.15, -0.1) is 0 Å². The van der Waals surface area contributed by atoms with E-state index < -0.39 is 0 Å². The molecular weight excluding hydrogens is 152 g/mol. The third-order valence-corrected chi connectivity index (χ3v) is 1.09. The first-order valence-electron chi connectivity index (χ1n) is 3.36. The molecule has 5 nitrogen and oxygen atoms in total. The molecule has 1 unspecified atom stereocenters. The number of methoxy groups -OCH3 is 1. The van der Waals surface area contributed by atoms with Gasteiger partial charge in [0.05, 0.1) is 13.2 Å². The van der Waals surface area contributed by atoms with E-state index in [0.717, 1.165) is 6.61 Å². The molecule has 11 heavy (non-hydrogen) atoms. The van der Waals surface area contributed by atoms with Gasteiger partial charge in [-0.25, -0.2) is 9.78 Å². The minimum atomic E-state index is 0.114. The van der Waals surface area contributed by atoms with Crippen LogP contribution >= 0.6 is 0 Å². The van der Waals surface area contributed by atoms with Crippen molar-refractivity contribution in [3.8, 4) is 0 Å². The average Bonchev–Trinajstić information content (AvgIpc) is 2.80. The standard InChI is InChI=1S/C6H12O5/c1-7-4-10-11-5-8-2-6-3-9-6/h6H,2-5H2,1H3. The Morgan fingerprint density at radius 3 is 2.73 bits per heavy atom. The topological polar surface area (TPSA) is 49.5 Å². The van der Waals surface area contributed by atoms with Gasteiger partial charge in [0.1, 0.15) is 6.10 Å². The molecule has 1 atom stereocenters. The molecule has 0 amide bonds. The van der Waals surface area contributed by atoms with Gasteiger partial charge >= 0.3 is 0 Å². The van der Waals surface area contributed by atoms with Crippen LogP contribution in [0.5, 0.6) is 0 Å². The summed E-state index contributed by atoms with van der Waals surface area (Å²) >= 11 is 0. The largest absolute Gasteiger partial charge is 0.371 e. The van der Waals surface area contributed by atoms with E-state index in [-0.39, 0.29) is 19.7 Å². The molecule has 0 aromatic rings. The van der Waals surface area contributed by atoms with E-state index in [0.29, 0.717) is 6.61 Å². The van der Waals surface area contributed by atoms with Crippen LogP contribution in [0.15, 0.2) is 0 Å². The van der Waals surface area contributed by atoms with E-state index >= 15 is 0 Å². The molecule has 5 heteroatoms. The van der Waals surface area contributed by atoms with Crippen LogP contribution in [-0.2, 0) is 24.0 Å². The molecule has 1 aliphatic heterocycles. The van der Waals surface area contributed by atoms with Crippen LogP contribution in [-0.4, -0.2) is 40.0 Å². The number of ether oxygens (including phenoxy) is 3. The predicted octanol–water partition coefficient (Wildman–Crippen LogP) is -0.0886. The zero-order valence-electron chi connectivity index (χ0n) is 6.45. The maximum absolute atomic E-state index is 4.98. The van der Waals surface area contributed by atoms with Crippen molar-refractivity contribution in [1.82, 2.24) is 0 Å². The smallest absolute Gasteiger partial charge is 0.180 e. The van der Waals surface area contributed by atoms with E-state index in [1.165, 1.54) is 7.11 Å². The van der Waals surface area contributed by atoms with Crippen LogP contribution in [0.25, 0.3) is 0 Å². The second-order valence-electron chi connectivity index (χ2n) is 2.09. The van der Waals surface area contributed by atoms with Crippen LogP contribution in [0.1, 0.15) is 0 Å². The summed E-state index contributed by atoms with van der Waals surface area (Å²) in [5, 5.41) is 0. The highest BCUT2D eigenvalue weighted by Gasteiger charge is 2.22. The van der Waals surface area contributed by atoms with Gasteiger partial charge in [0.25, 0.3) is 0 Å². The van der Waals surface area contributed by atoms with Gasteiger partial charge in [0, 0.05) is 7.11 Å². The minimum absolute atomic E-state index is 0.114. The molecule has 0 spiro atoms. The Kier molecular flexibility index (Phi) is 4.41. The zero-order valence-corrected chi connectivity index (χ0v) is 6.45. The van der Waals surface area contributed by atoms with Crippen molar-refractivity contribution >= 4 is 0 Å². The van der Waals surface area contributed by atoms with Crippen molar-refractivity contribution < 1.29 is 24.0 Å². The molecule has 66 valence electrons. The summed E-state index contributed by atoms with van der Waals surface area (Å²) in [6.45, 7) is 1.59. The maximum Gasteiger partial charge on any atom is 0.180 e. The fourth-order valence-electron chi connectivity index (χ4n) is 0.494. The number of hydrogen-bond donors (Lipinski definition) is 0. The third-order valence-electron chi connectivity index (χ3n) is 1.09. The summed E-state index contributed by atoms with van der Waals surface area (Å²) in [5.41, 5.74) is 0. The lowest BCUT2D eigenvalue weighted by Crippen LogP contribution is -2.07. The highest BCUT2D eigenvalue weighted by Crippen LogP contribution is 2.07. The summed E-state index contributed by atoms with van der Waals surface area (Å²) in [4.78, 5) is 9.05. The summed E-state index contributed by atoms with van der Waals surface area (Å²) in [6.07, 6.45) is 0.265. The molecule has 0 aliphatic carbocycles. The Labute approximate surface area is 65.1 Å². The fraction of sp³-hybridized carbons (Fsp3) is 1.00. The summed E-state index contributed by atoms with van der Waals surface area (Å²) in [7, 11) is 1.52. The van der Waals surface area contributed by atoms with Gasteiger partial charge in [-0.1, -0.05) is 0 Å². The quantitative estimate of drug-likeness (QED) is 0.173. The van der Waals surface area contributed by atoms with Gasteiger partial charge in [0.2, 0.25) is 0 Å². The lowest BCUT2D eigenvalue weighted by molar-refractivity contribution is -0.366.